The number of nitrogens with zero attached hydrogens (tertiary/aromatic N) is 3. The van der Waals surface area contributed by atoms with E-state index in [4.69, 9.17) is 5.11 Å². The van der Waals surface area contributed by atoms with Gasteiger partial charge in [-0.15, -0.1) is 0 Å². The van der Waals surface area contributed by atoms with Crippen LogP contribution in [-0.4, -0.2) is 40.7 Å². The number of aliphatic carboxylic acids is 1. The Morgan fingerprint density at radius 3 is 2.83 bits per heavy atom. The van der Waals surface area contributed by atoms with E-state index in [1.807, 2.05) is 0 Å². The number of carbonyl (C=O) groups is 1. The van der Waals surface area contributed by atoms with Crippen LogP contribution in [0.25, 0.3) is 0 Å². The number of alkyl halides is 2. The predicted octanol–water partition coefficient (Wildman–Crippen LogP) is 0.989. The van der Waals surface area contributed by atoms with Gasteiger partial charge in [0.25, 0.3) is 5.88 Å². The number of hydrogen-bond acceptors (Lipinski definition) is 5. The first-order valence-electron chi connectivity index (χ1n) is 5.31. The number of anilines is 1. The van der Waals surface area contributed by atoms with E-state index < -0.39 is 18.5 Å². The third-order valence-electron chi connectivity index (χ3n) is 2.68. The Balaban J connectivity index is 2.16. The van der Waals surface area contributed by atoms with Crippen molar-refractivity contribution < 1.29 is 23.4 Å². The van der Waals surface area contributed by atoms with Crippen LogP contribution >= 0.6 is 0 Å². The van der Waals surface area contributed by atoms with Gasteiger partial charge in [-0.1, -0.05) is 0 Å². The summed E-state index contributed by atoms with van der Waals surface area (Å²) >= 11 is 0. The maximum atomic E-state index is 12.2. The highest BCUT2D eigenvalue weighted by Crippen LogP contribution is 2.29. The van der Waals surface area contributed by atoms with E-state index >= 15 is 0 Å². The smallest absolute Gasteiger partial charge is 0.388 e. The van der Waals surface area contributed by atoms with Crippen LogP contribution in [0, 0.1) is 5.92 Å². The second kappa shape index (κ2) is 5.11. The van der Waals surface area contributed by atoms with Crippen LogP contribution in [0.1, 0.15) is 6.42 Å². The molecule has 98 valence electrons. The molecule has 8 heteroatoms. The molecule has 2 heterocycles. The molecule has 1 atom stereocenters. The average molecular weight is 259 g/mol. The summed E-state index contributed by atoms with van der Waals surface area (Å²) in [5, 5.41) is 8.88. The Kier molecular flexibility index (Phi) is 3.54. The van der Waals surface area contributed by atoms with Crippen molar-refractivity contribution in [3.05, 3.63) is 12.4 Å². The van der Waals surface area contributed by atoms with Crippen LogP contribution < -0.4 is 9.64 Å². The maximum Gasteiger partial charge on any atom is 0.388 e. The van der Waals surface area contributed by atoms with Crippen molar-refractivity contribution in [3.8, 4) is 5.88 Å². The number of halogens is 2. The lowest BCUT2D eigenvalue weighted by molar-refractivity contribution is -0.140. The topological polar surface area (TPSA) is 75.5 Å². The van der Waals surface area contributed by atoms with Gasteiger partial charge in [0.2, 0.25) is 0 Å². The highest BCUT2D eigenvalue weighted by molar-refractivity contribution is 5.72. The SMILES string of the molecule is O=C(O)C1CCN(c2nccnc2OC(F)F)C1. The number of hydrogen-bond donors (Lipinski definition) is 1. The molecular weight excluding hydrogens is 248 g/mol. The minimum absolute atomic E-state index is 0.154. The fourth-order valence-corrected chi connectivity index (χ4v) is 1.86. The van der Waals surface area contributed by atoms with Crippen molar-refractivity contribution in [2.75, 3.05) is 18.0 Å². The van der Waals surface area contributed by atoms with Crippen LogP contribution in [0.3, 0.4) is 0 Å². The highest BCUT2D eigenvalue weighted by Gasteiger charge is 2.31. The van der Waals surface area contributed by atoms with Gasteiger partial charge in [-0.2, -0.15) is 8.78 Å². The van der Waals surface area contributed by atoms with Crippen molar-refractivity contribution >= 4 is 11.8 Å². The quantitative estimate of drug-likeness (QED) is 0.869. The molecule has 1 aromatic rings. The number of carboxylic acid groups (broad SMARTS) is 1. The molecule has 2 rings (SSSR count). The Hall–Kier alpha value is -1.99. The fraction of sp³-hybridized carbons (Fsp3) is 0.500. The lowest BCUT2D eigenvalue weighted by Crippen LogP contribution is -2.24. The van der Waals surface area contributed by atoms with Crippen molar-refractivity contribution in [1.29, 1.82) is 0 Å². The van der Waals surface area contributed by atoms with E-state index in [1.54, 1.807) is 4.90 Å². The average Bonchev–Trinajstić information content (AvgIpc) is 2.78. The third kappa shape index (κ3) is 2.63. The first-order valence-corrected chi connectivity index (χ1v) is 5.31. The minimum Gasteiger partial charge on any atom is -0.481 e. The molecule has 0 aromatic carbocycles. The molecule has 1 aromatic heterocycles. The van der Waals surface area contributed by atoms with Crippen molar-refractivity contribution in [2.24, 2.45) is 5.92 Å². The van der Waals surface area contributed by atoms with Gasteiger partial charge in [0.05, 0.1) is 5.92 Å². The molecule has 0 spiro atoms. The lowest BCUT2D eigenvalue weighted by atomic mass is 10.1. The zero-order valence-electron chi connectivity index (χ0n) is 9.29. The number of rotatable bonds is 4. The number of ether oxygens (including phenoxy) is 1. The van der Waals surface area contributed by atoms with Gasteiger partial charge in [-0.05, 0) is 6.42 Å². The summed E-state index contributed by atoms with van der Waals surface area (Å²) in [4.78, 5) is 20.0. The molecule has 6 nitrogen and oxygen atoms in total. The first-order chi connectivity index (χ1) is 8.58. The zero-order chi connectivity index (χ0) is 13.1. The van der Waals surface area contributed by atoms with E-state index in [1.165, 1.54) is 12.4 Å². The van der Waals surface area contributed by atoms with Gasteiger partial charge in [0.15, 0.2) is 5.82 Å². The molecule has 18 heavy (non-hydrogen) atoms. The molecule has 0 radical (unpaired) electrons. The third-order valence-corrected chi connectivity index (χ3v) is 2.68. The molecule has 1 unspecified atom stereocenters. The predicted molar refractivity (Wildman–Crippen MR) is 56.6 cm³/mol. The van der Waals surface area contributed by atoms with E-state index in [9.17, 15) is 13.6 Å². The summed E-state index contributed by atoms with van der Waals surface area (Å²) in [6, 6.07) is 0. The van der Waals surface area contributed by atoms with Crippen LogP contribution in [-0.2, 0) is 4.79 Å². The molecule has 0 bridgehead atoms. The van der Waals surface area contributed by atoms with E-state index in [0.717, 1.165) is 0 Å². The Bertz CT molecular complexity index is 444. The van der Waals surface area contributed by atoms with Crippen LogP contribution in [0.4, 0.5) is 14.6 Å². The normalized spacial score (nSPS) is 19.3. The van der Waals surface area contributed by atoms with Gasteiger partial charge < -0.3 is 14.7 Å². The monoisotopic (exact) mass is 259 g/mol. The Morgan fingerprint density at radius 1 is 1.50 bits per heavy atom. The second-order valence-corrected chi connectivity index (χ2v) is 3.83. The molecule has 0 amide bonds. The van der Waals surface area contributed by atoms with E-state index in [-0.39, 0.29) is 18.2 Å². The Morgan fingerprint density at radius 2 is 2.22 bits per heavy atom. The van der Waals surface area contributed by atoms with Crippen molar-refractivity contribution in [1.82, 2.24) is 9.97 Å². The Labute approximate surface area is 101 Å². The number of carboxylic acids is 1. The van der Waals surface area contributed by atoms with Gasteiger partial charge >= 0.3 is 12.6 Å². The molecule has 1 fully saturated rings. The summed E-state index contributed by atoms with van der Waals surface area (Å²) < 4.78 is 28.6. The zero-order valence-corrected chi connectivity index (χ0v) is 9.29. The maximum absolute atomic E-state index is 12.2. The summed E-state index contributed by atoms with van der Waals surface area (Å²) in [7, 11) is 0. The molecule has 1 aliphatic heterocycles. The van der Waals surface area contributed by atoms with E-state index in [0.29, 0.717) is 13.0 Å². The minimum atomic E-state index is -2.99. The summed E-state index contributed by atoms with van der Waals surface area (Å²) in [6.07, 6.45) is 3.04. The van der Waals surface area contributed by atoms with Crippen LogP contribution in [0.5, 0.6) is 5.88 Å². The molecule has 1 saturated heterocycles. The van der Waals surface area contributed by atoms with Crippen molar-refractivity contribution in [3.63, 3.8) is 0 Å². The summed E-state index contributed by atoms with van der Waals surface area (Å²) in [5.41, 5.74) is 0. The van der Waals surface area contributed by atoms with Gasteiger partial charge in [-0.25, -0.2) is 9.97 Å². The van der Waals surface area contributed by atoms with E-state index in [2.05, 4.69) is 14.7 Å². The first kappa shape index (κ1) is 12.5. The summed E-state index contributed by atoms with van der Waals surface area (Å²) in [5.74, 6) is -1.55. The summed E-state index contributed by atoms with van der Waals surface area (Å²) in [6.45, 7) is -2.35. The molecule has 1 aliphatic rings. The van der Waals surface area contributed by atoms with Crippen molar-refractivity contribution in [2.45, 2.75) is 13.0 Å². The van der Waals surface area contributed by atoms with Gasteiger partial charge in [-0.3, -0.25) is 4.79 Å². The lowest BCUT2D eigenvalue weighted by Gasteiger charge is -2.18. The molecule has 1 N–H and O–H groups in total. The molecule has 0 saturated carbocycles. The van der Waals surface area contributed by atoms with Crippen LogP contribution in [0.15, 0.2) is 12.4 Å². The van der Waals surface area contributed by atoms with Crippen LogP contribution in [0.2, 0.25) is 0 Å². The molecular formula is C10H11F2N3O3. The second-order valence-electron chi connectivity index (χ2n) is 3.83. The fourth-order valence-electron chi connectivity index (χ4n) is 1.86. The highest BCUT2D eigenvalue weighted by atomic mass is 19.3. The largest absolute Gasteiger partial charge is 0.481 e. The van der Waals surface area contributed by atoms with Gasteiger partial charge in [0, 0.05) is 25.5 Å². The standard InChI is InChI=1S/C10H11F2N3O3/c11-10(12)18-8-7(13-2-3-14-8)15-4-1-6(5-15)9(16)17/h2-3,6,10H,1,4-5H2,(H,16,17). The number of aromatic nitrogens is 2. The molecule has 0 aliphatic carbocycles. The van der Waals surface area contributed by atoms with Gasteiger partial charge in [0.1, 0.15) is 0 Å².